The molecule has 0 aliphatic heterocycles. The van der Waals surface area contributed by atoms with Crippen molar-refractivity contribution in [3.63, 3.8) is 0 Å². The lowest BCUT2D eigenvalue weighted by Crippen LogP contribution is -2.19. The first-order valence-electron chi connectivity index (χ1n) is 12.0. The lowest BCUT2D eigenvalue weighted by Gasteiger charge is -2.19. The standard InChI is InChI=1S/C17H18O2.C15H14O2/c1-13(2)19-17(15-11-7-4-8-12-15)16(18)14-9-5-3-6-10-14;1-17-15(13-10-6-3-7-11-13)14(16)12-8-4-2-5-9-12/h3-13,17H,1-2H3;2-11,15H,1H3. The van der Waals surface area contributed by atoms with E-state index in [1.54, 1.807) is 19.2 Å². The van der Waals surface area contributed by atoms with Crippen molar-refractivity contribution in [2.24, 2.45) is 0 Å². The third kappa shape index (κ3) is 7.57. The summed E-state index contributed by atoms with van der Waals surface area (Å²) in [5, 5.41) is 0. The van der Waals surface area contributed by atoms with Crippen molar-refractivity contribution in [1.82, 2.24) is 0 Å². The molecule has 0 bridgehead atoms. The van der Waals surface area contributed by atoms with Crippen LogP contribution in [-0.4, -0.2) is 24.8 Å². The Hall–Kier alpha value is -3.86. The third-order valence-electron chi connectivity index (χ3n) is 5.44. The first-order chi connectivity index (χ1) is 17.5. The number of methoxy groups -OCH3 is 1. The van der Waals surface area contributed by atoms with E-state index >= 15 is 0 Å². The number of rotatable bonds is 9. The van der Waals surface area contributed by atoms with Gasteiger partial charge in [0.15, 0.2) is 11.6 Å². The maximum atomic E-state index is 12.6. The Morgan fingerprint density at radius 1 is 0.528 bits per heavy atom. The van der Waals surface area contributed by atoms with Crippen molar-refractivity contribution in [3.05, 3.63) is 144 Å². The molecule has 4 nitrogen and oxygen atoms in total. The normalized spacial score (nSPS) is 12.2. The number of hydrogen-bond acceptors (Lipinski definition) is 4. The lowest BCUT2D eigenvalue weighted by molar-refractivity contribution is 0.0114. The van der Waals surface area contributed by atoms with E-state index in [-0.39, 0.29) is 17.7 Å². The molecule has 0 radical (unpaired) electrons. The molecule has 0 fully saturated rings. The fraction of sp³-hybridized carbons (Fsp3) is 0.188. The lowest BCUT2D eigenvalue weighted by atomic mass is 9.99. The monoisotopic (exact) mass is 480 g/mol. The van der Waals surface area contributed by atoms with Gasteiger partial charge in [0.2, 0.25) is 0 Å². The molecule has 4 aromatic rings. The highest BCUT2D eigenvalue weighted by Crippen LogP contribution is 2.24. The fourth-order valence-corrected chi connectivity index (χ4v) is 3.72. The maximum absolute atomic E-state index is 12.6. The minimum atomic E-state index is -0.538. The first-order valence-corrected chi connectivity index (χ1v) is 12.0. The summed E-state index contributed by atoms with van der Waals surface area (Å²) in [4.78, 5) is 24.8. The molecule has 0 aromatic heterocycles. The molecule has 0 saturated carbocycles. The quantitative estimate of drug-likeness (QED) is 0.236. The van der Waals surface area contributed by atoms with Crippen LogP contribution in [0.1, 0.15) is 57.9 Å². The Morgan fingerprint density at radius 2 is 0.861 bits per heavy atom. The molecule has 184 valence electrons. The Morgan fingerprint density at radius 3 is 1.22 bits per heavy atom. The van der Waals surface area contributed by atoms with Crippen LogP contribution >= 0.6 is 0 Å². The van der Waals surface area contributed by atoms with Crippen LogP contribution in [0.4, 0.5) is 0 Å². The topological polar surface area (TPSA) is 52.6 Å². The van der Waals surface area contributed by atoms with Crippen molar-refractivity contribution >= 4 is 11.6 Å². The third-order valence-corrected chi connectivity index (χ3v) is 5.44. The van der Waals surface area contributed by atoms with Crippen LogP contribution in [0.25, 0.3) is 0 Å². The highest BCUT2D eigenvalue weighted by Gasteiger charge is 2.23. The number of hydrogen-bond donors (Lipinski definition) is 0. The molecule has 0 aliphatic rings. The number of benzene rings is 4. The summed E-state index contributed by atoms with van der Waals surface area (Å²) in [6, 6.07) is 37.6. The molecule has 0 N–H and O–H groups in total. The van der Waals surface area contributed by atoms with Gasteiger partial charge in [0.05, 0.1) is 6.10 Å². The highest BCUT2D eigenvalue weighted by atomic mass is 16.5. The second-order valence-corrected chi connectivity index (χ2v) is 8.46. The van der Waals surface area contributed by atoms with Crippen LogP contribution < -0.4 is 0 Å². The van der Waals surface area contributed by atoms with Gasteiger partial charge in [-0.15, -0.1) is 0 Å². The molecule has 2 unspecified atom stereocenters. The van der Waals surface area contributed by atoms with Crippen LogP contribution in [0.3, 0.4) is 0 Å². The summed E-state index contributed by atoms with van der Waals surface area (Å²) in [6.45, 7) is 3.88. The fourth-order valence-electron chi connectivity index (χ4n) is 3.72. The Labute approximate surface area is 213 Å². The zero-order valence-corrected chi connectivity index (χ0v) is 20.9. The molecule has 0 amide bonds. The Balaban J connectivity index is 0.000000202. The molecule has 4 heteroatoms. The molecule has 4 aromatic carbocycles. The zero-order chi connectivity index (χ0) is 25.8. The van der Waals surface area contributed by atoms with Gasteiger partial charge in [-0.25, -0.2) is 0 Å². The predicted molar refractivity (Wildman–Crippen MR) is 143 cm³/mol. The van der Waals surface area contributed by atoms with Gasteiger partial charge in [0.1, 0.15) is 12.2 Å². The number of ketones is 2. The van der Waals surface area contributed by atoms with Crippen molar-refractivity contribution in [1.29, 1.82) is 0 Å². The van der Waals surface area contributed by atoms with E-state index in [0.29, 0.717) is 11.1 Å². The van der Waals surface area contributed by atoms with E-state index in [9.17, 15) is 9.59 Å². The van der Waals surface area contributed by atoms with Gasteiger partial charge in [0, 0.05) is 18.2 Å². The second-order valence-electron chi connectivity index (χ2n) is 8.46. The average molecular weight is 481 g/mol. The van der Waals surface area contributed by atoms with Crippen LogP contribution in [0, 0.1) is 0 Å². The van der Waals surface area contributed by atoms with Gasteiger partial charge < -0.3 is 9.47 Å². The van der Waals surface area contributed by atoms with Gasteiger partial charge in [-0.1, -0.05) is 121 Å². The predicted octanol–water partition coefficient (Wildman–Crippen LogP) is 7.29. The van der Waals surface area contributed by atoms with Crippen LogP contribution in [0.15, 0.2) is 121 Å². The number of Topliss-reactive ketones (excluding diaryl/α,β-unsaturated/α-hetero) is 2. The summed E-state index contributed by atoms with van der Waals surface area (Å²) >= 11 is 0. The molecule has 0 heterocycles. The van der Waals surface area contributed by atoms with Crippen LogP contribution in [0.5, 0.6) is 0 Å². The zero-order valence-electron chi connectivity index (χ0n) is 20.9. The number of carbonyl (C=O) groups excluding carboxylic acids is 2. The van der Waals surface area contributed by atoms with E-state index in [0.717, 1.165) is 11.1 Å². The minimum Gasteiger partial charge on any atom is -0.369 e. The molecule has 36 heavy (non-hydrogen) atoms. The summed E-state index contributed by atoms with van der Waals surface area (Å²) in [7, 11) is 1.55. The molecule has 2 atom stereocenters. The van der Waals surface area contributed by atoms with E-state index in [1.165, 1.54) is 0 Å². The summed E-state index contributed by atoms with van der Waals surface area (Å²) in [5.74, 6) is -0.0141. The van der Waals surface area contributed by atoms with E-state index in [1.807, 2.05) is 123 Å². The van der Waals surface area contributed by atoms with Gasteiger partial charge in [-0.05, 0) is 25.0 Å². The Kier molecular flexibility index (Phi) is 10.3. The minimum absolute atomic E-state index is 0.000463. The van der Waals surface area contributed by atoms with Crippen molar-refractivity contribution in [2.75, 3.05) is 7.11 Å². The second kappa shape index (κ2) is 13.9. The molecular weight excluding hydrogens is 448 g/mol. The molecule has 0 saturated heterocycles. The summed E-state index contributed by atoms with van der Waals surface area (Å²) in [6.07, 6.45) is -1.07. The van der Waals surface area contributed by atoms with E-state index in [4.69, 9.17) is 9.47 Å². The summed E-state index contributed by atoms with van der Waals surface area (Å²) < 4.78 is 11.1. The van der Waals surface area contributed by atoms with Crippen molar-refractivity contribution in [2.45, 2.75) is 32.2 Å². The van der Waals surface area contributed by atoms with Crippen molar-refractivity contribution < 1.29 is 19.1 Å². The largest absolute Gasteiger partial charge is 0.369 e. The molecule has 0 aliphatic carbocycles. The molecular formula is C32H32O4. The van der Waals surface area contributed by atoms with E-state index < -0.39 is 12.2 Å². The van der Waals surface area contributed by atoms with Gasteiger partial charge in [0.25, 0.3) is 0 Å². The van der Waals surface area contributed by atoms with Gasteiger partial charge >= 0.3 is 0 Å². The average Bonchev–Trinajstić information content (AvgIpc) is 2.94. The highest BCUT2D eigenvalue weighted by molar-refractivity contribution is 6.00. The number of ether oxygens (including phenoxy) is 2. The van der Waals surface area contributed by atoms with Gasteiger partial charge in [-0.3, -0.25) is 9.59 Å². The van der Waals surface area contributed by atoms with Crippen LogP contribution in [-0.2, 0) is 9.47 Å². The molecule has 0 spiro atoms. The van der Waals surface area contributed by atoms with Crippen molar-refractivity contribution in [3.8, 4) is 0 Å². The Bertz CT molecular complexity index is 1190. The van der Waals surface area contributed by atoms with Gasteiger partial charge in [-0.2, -0.15) is 0 Å². The first kappa shape index (κ1) is 26.7. The summed E-state index contributed by atoms with van der Waals surface area (Å²) in [5.41, 5.74) is 3.12. The molecule has 4 rings (SSSR count). The maximum Gasteiger partial charge on any atom is 0.196 e. The smallest absolute Gasteiger partial charge is 0.196 e. The van der Waals surface area contributed by atoms with Crippen LogP contribution in [0.2, 0.25) is 0 Å². The SMILES string of the molecule is CC(C)OC(C(=O)c1ccccc1)c1ccccc1.COC(C(=O)c1ccccc1)c1ccccc1. The number of carbonyl (C=O) groups is 2. The van der Waals surface area contributed by atoms with E-state index in [2.05, 4.69) is 0 Å².